The largest absolute Gasteiger partial charge is 0.365 e. The first-order valence-corrected chi connectivity index (χ1v) is 8.13. The van der Waals surface area contributed by atoms with Gasteiger partial charge >= 0.3 is 0 Å². The highest BCUT2D eigenvalue weighted by Crippen LogP contribution is 2.34. The number of halogens is 1. The number of rotatable bonds is 5. The first-order valence-electron chi connectivity index (χ1n) is 6.93. The van der Waals surface area contributed by atoms with Crippen molar-refractivity contribution in [3.63, 3.8) is 0 Å². The van der Waals surface area contributed by atoms with Gasteiger partial charge in [-0.05, 0) is 25.0 Å². The van der Waals surface area contributed by atoms with Crippen molar-refractivity contribution in [2.24, 2.45) is 5.73 Å². The molecule has 0 bridgehead atoms. The maximum atomic E-state index is 12.4. The normalized spacial score (nSPS) is 10.5. The standard InChI is InChI=1S/C15H14ClN3O4S/c1-3-9-7(2)24-15(12(9)13(17)20)18-14(21)10-6-8(19(22)23)4-5-11(10)16/h4-6H,3H2,1-2H3,(H2,17,20)(H,18,21). The number of nitrogens with zero attached hydrogens (tertiary/aromatic N) is 1. The number of aryl methyl sites for hydroxylation is 1. The summed E-state index contributed by atoms with van der Waals surface area (Å²) < 4.78 is 0. The van der Waals surface area contributed by atoms with Crippen LogP contribution in [0.1, 0.15) is 38.1 Å². The molecule has 2 rings (SSSR count). The monoisotopic (exact) mass is 367 g/mol. The number of non-ortho nitro benzene ring substituents is 1. The molecule has 0 fully saturated rings. The number of nitrogens with two attached hydrogens (primary N) is 1. The van der Waals surface area contributed by atoms with E-state index in [1.807, 2.05) is 13.8 Å². The maximum Gasteiger partial charge on any atom is 0.270 e. The summed E-state index contributed by atoms with van der Waals surface area (Å²) in [6.07, 6.45) is 0.591. The lowest BCUT2D eigenvalue weighted by Gasteiger charge is -2.07. The van der Waals surface area contributed by atoms with Gasteiger partial charge in [0.1, 0.15) is 5.00 Å². The minimum Gasteiger partial charge on any atom is -0.365 e. The van der Waals surface area contributed by atoms with Crippen LogP contribution < -0.4 is 11.1 Å². The molecule has 0 aliphatic carbocycles. The number of benzene rings is 1. The van der Waals surface area contributed by atoms with Crippen molar-refractivity contribution in [2.45, 2.75) is 20.3 Å². The van der Waals surface area contributed by atoms with Crippen molar-refractivity contribution in [3.05, 3.63) is 54.9 Å². The van der Waals surface area contributed by atoms with Crippen LogP contribution in [0.3, 0.4) is 0 Å². The summed E-state index contributed by atoms with van der Waals surface area (Å²) in [6, 6.07) is 3.57. The molecule has 7 nitrogen and oxygen atoms in total. The van der Waals surface area contributed by atoms with Gasteiger partial charge in [-0.3, -0.25) is 19.7 Å². The van der Waals surface area contributed by atoms with Gasteiger partial charge < -0.3 is 11.1 Å². The van der Waals surface area contributed by atoms with Crippen LogP contribution in [-0.4, -0.2) is 16.7 Å². The predicted octanol–water partition coefficient (Wildman–Crippen LogP) is 3.53. The van der Waals surface area contributed by atoms with Gasteiger partial charge in [0.25, 0.3) is 17.5 Å². The Morgan fingerprint density at radius 1 is 1.42 bits per heavy atom. The molecule has 0 saturated heterocycles. The Bertz CT molecular complexity index is 847. The average molecular weight is 368 g/mol. The summed E-state index contributed by atoms with van der Waals surface area (Å²) in [4.78, 5) is 35.2. The molecule has 0 aliphatic rings. The lowest BCUT2D eigenvalue weighted by Crippen LogP contribution is -2.18. The van der Waals surface area contributed by atoms with Crippen LogP contribution >= 0.6 is 22.9 Å². The van der Waals surface area contributed by atoms with Gasteiger partial charge in [0.2, 0.25) is 0 Å². The minimum absolute atomic E-state index is 0.0506. The molecule has 2 amide bonds. The van der Waals surface area contributed by atoms with E-state index in [4.69, 9.17) is 17.3 Å². The van der Waals surface area contributed by atoms with Gasteiger partial charge in [-0.25, -0.2) is 0 Å². The van der Waals surface area contributed by atoms with E-state index in [0.717, 1.165) is 16.5 Å². The quantitative estimate of drug-likeness (QED) is 0.621. The van der Waals surface area contributed by atoms with Crippen LogP contribution in [0, 0.1) is 17.0 Å². The molecule has 0 aliphatic heterocycles. The zero-order valence-corrected chi connectivity index (χ0v) is 14.5. The molecule has 9 heteroatoms. The van der Waals surface area contributed by atoms with Crippen LogP contribution in [0.2, 0.25) is 5.02 Å². The van der Waals surface area contributed by atoms with Crippen LogP contribution in [0.25, 0.3) is 0 Å². The molecule has 0 unspecified atom stereocenters. The highest BCUT2D eigenvalue weighted by Gasteiger charge is 2.22. The SMILES string of the molecule is CCc1c(C)sc(NC(=O)c2cc([N+](=O)[O-])ccc2Cl)c1C(N)=O. The van der Waals surface area contributed by atoms with Crippen LogP contribution in [0.15, 0.2) is 18.2 Å². The van der Waals surface area contributed by atoms with Crippen molar-refractivity contribution in [1.82, 2.24) is 0 Å². The Labute approximate surface area is 146 Å². The average Bonchev–Trinajstić information content (AvgIpc) is 2.82. The number of amides is 2. The molecular weight excluding hydrogens is 354 g/mol. The topological polar surface area (TPSA) is 115 Å². The third-order valence-corrected chi connectivity index (χ3v) is 4.83. The number of hydrogen-bond donors (Lipinski definition) is 2. The highest BCUT2D eigenvalue weighted by molar-refractivity contribution is 7.16. The van der Waals surface area contributed by atoms with E-state index in [2.05, 4.69) is 5.32 Å². The van der Waals surface area contributed by atoms with Crippen LogP contribution in [0.5, 0.6) is 0 Å². The van der Waals surface area contributed by atoms with Crippen molar-refractivity contribution in [1.29, 1.82) is 0 Å². The van der Waals surface area contributed by atoms with Gasteiger partial charge in [0.05, 0.1) is 21.1 Å². The molecule has 2 aromatic rings. The first kappa shape index (κ1) is 17.9. The Morgan fingerprint density at radius 2 is 2.08 bits per heavy atom. The Morgan fingerprint density at radius 3 is 2.62 bits per heavy atom. The third kappa shape index (κ3) is 3.39. The van der Waals surface area contributed by atoms with E-state index in [1.54, 1.807) is 0 Å². The zero-order valence-electron chi connectivity index (χ0n) is 12.9. The lowest BCUT2D eigenvalue weighted by atomic mass is 10.1. The Hall–Kier alpha value is -2.45. The number of hydrogen-bond acceptors (Lipinski definition) is 5. The maximum absolute atomic E-state index is 12.4. The fourth-order valence-corrected chi connectivity index (χ4v) is 3.67. The zero-order chi connectivity index (χ0) is 18.0. The summed E-state index contributed by atoms with van der Waals surface area (Å²) in [5.74, 6) is -1.29. The minimum atomic E-state index is -0.643. The van der Waals surface area contributed by atoms with Crippen LogP contribution in [0.4, 0.5) is 10.7 Å². The van der Waals surface area contributed by atoms with Gasteiger partial charge in [-0.1, -0.05) is 18.5 Å². The second kappa shape index (κ2) is 6.98. The molecule has 1 aromatic heterocycles. The predicted molar refractivity (Wildman–Crippen MR) is 93.0 cm³/mol. The fraction of sp³-hybridized carbons (Fsp3) is 0.200. The van der Waals surface area contributed by atoms with E-state index < -0.39 is 16.7 Å². The van der Waals surface area contributed by atoms with E-state index in [1.165, 1.54) is 23.5 Å². The van der Waals surface area contributed by atoms with Gasteiger partial charge in [-0.2, -0.15) is 0 Å². The molecule has 3 N–H and O–H groups in total. The summed E-state index contributed by atoms with van der Waals surface area (Å²) in [6.45, 7) is 3.70. The summed E-state index contributed by atoms with van der Waals surface area (Å²) in [5, 5.41) is 13.8. The van der Waals surface area contributed by atoms with Crippen molar-refractivity contribution in [2.75, 3.05) is 5.32 Å². The third-order valence-electron chi connectivity index (χ3n) is 3.44. The van der Waals surface area contributed by atoms with Crippen molar-refractivity contribution >= 4 is 45.4 Å². The number of nitro benzene ring substituents is 1. The van der Waals surface area contributed by atoms with E-state index in [9.17, 15) is 19.7 Å². The number of nitro groups is 1. The smallest absolute Gasteiger partial charge is 0.270 e. The highest BCUT2D eigenvalue weighted by atomic mass is 35.5. The number of thiophene rings is 1. The Balaban J connectivity index is 2.43. The van der Waals surface area contributed by atoms with Gasteiger partial charge in [0.15, 0.2) is 0 Å². The van der Waals surface area contributed by atoms with Gasteiger partial charge in [0, 0.05) is 17.0 Å². The molecule has 0 saturated carbocycles. The fourth-order valence-electron chi connectivity index (χ4n) is 2.32. The van der Waals surface area contributed by atoms with Gasteiger partial charge in [-0.15, -0.1) is 11.3 Å². The molecular formula is C15H14ClN3O4S. The summed E-state index contributed by atoms with van der Waals surface area (Å²) >= 11 is 7.18. The number of anilines is 1. The van der Waals surface area contributed by atoms with E-state index in [0.29, 0.717) is 11.4 Å². The summed E-state index contributed by atoms with van der Waals surface area (Å²) in [5.41, 5.74) is 6.14. The van der Waals surface area contributed by atoms with Crippen molar-refractivity contribution in [3.8, 4) is 0 Å². The molecule has 1 aromatic carbocycles. The first-order chi connectivity index (χ1) is 11.3. The molecule has 0 atom stereocenters. The number of carbonyl (C=O) groups excluding carboxylic acids is 2. The van der Waals surface area contributed by atoms with Crippen molar-refractivity contribution < 1.29 is 14.5 Å². The Kier molecular flexibility index (Phi) is 5.20. The molecule has 126 valence electrons. The second-order valence-electron chi connectivity index (χ2n) is 4.93. The van der Waals surface area contributed by atoms with Crippen LogP contribution in [-0.2, 0) is 6.42 Å². The van der Waals surface area contributed by atoms with E-state index >= 15 is 0 Å². The second-order valence-corrected chi connectivity index (χ2v) is 6.57. The number of carbonyl (C=O) groups is 2. The molecule has 1 heterocycles. The molecule has 24 heavy (non-hydrogen) atoms. The molecule has 0 spiro atoms. The number of nitrogens with one attached hydrogen (secondary N) is 1. The van der Waals surface area contributed by atoms with E-state index in [-0.39, 0.29) is 21.8 Å². The number of primary amides is 1. The summed E-state index contributed by atoms with van der Waals surface area (Å²) in [7, 11) is 0. The molecule has 0 radical (unpaired) electrons. The lowest BCUT2D eigenvalue weighted by molar-refractivity contribution is -0.384.